The van der Waals surface area contributed by atoms with Crippen molar-refractivity contribution in [1.29, 1.82) is 0 Å². The molecule has 0 radical (unpaired) electrons. The number of hydrogen-bond donors (Lipinski definition) is 1. The second-order valence-electron chi connectivity index (χ2n) is 8.87. The second kappa shape index (κ2) is 10.9. The van der Waals surface area contributed by atoms with Crippen LogP contribution in [0.4, 0.5) is 21.9 Å². The molecule has 11 heteroatoms. The van der Waals surface area contributed by atoms with Crippen LogP contribution in [0.25, 0.3) is 0 Å². The van der Waals surface area contributed by atoms with Gasteiger partial charge < -0.3 is 14.5 Å². The highest BCUT2D eigenvalue weighted by molar-refractivity contribution is 8.15. The van der Waals surface area contributed by atoms with Gasteiger partial charge in [-0.1, -0.05) is 42.1 Å². The Morgan fingerprint density at radius 3 is 2.47 bits per heavy atom. The average Bonchev–Trinajstić information content (AvgIpc) is 3.24. The summed E-state index contributed by atoms with van der Waals surface area (Å²) in [5, 5.41) is 12.9. The molecule has 3 aromatic rings. The topological polar surface area (TPSA) is 122 Å². The summed E-state index contributed by atoms with van der Waals surface area (Å²) in [5.41, 5.74) is 2.61. The van der Waals surface area contributed by atoms with Gasteiger partial charge in [-0.3, -0.25) is 29.8 Å². The van der Waals surface area contributed by atoms with Gasteiger partial charge in [0.05, 0.1) is 34.7 Å². The lowest BCUT2D eigenvalue weighted by atomic mass is 10.1. The fourth-order valence-electron chi connectivity index (χ4n) is 4.44. The Hall–Kier alpha value is -4.38. The summed E-state index contributed by atoms with van der Waals surface area (Å²) in [5.74, 6) is 0.133. The zero-order valence-electron chi connectivity index (χ0n) is 20.2. The first-order valence-electron chi connectivity index (χ1n) is 12.0. The van der Waals surface area contributed by atoms with Crippen molar-refractivity contribution in [3.63, 3.8) is 0 Å². The Bertz CT molecular complexity index is 1380. The van der Waals surface area contributed by atoms with Crippen LogP contribution in [0.2, 0.25) is 0 Å². The average molecular weight is 533 g/mol. The van der Waals surface area contributed by atoms with Crippen LogP contribution in [0, 0.1) is 10.1 Å². The van der Waals surface area contributed by atoms with Crippen molar-refractivity contribution < 1.29 is 24.0 Å². The number of hydrogen-bond acceptors (Lipinski definition) is 8. The molecule has 1 fully saturated rings. The van der Waals surface area contributed by atoms with Crippen LogP contribution in [0.3, 0.4) is 0 Å². The van der Waals surface area contributed by atoms with E-state index in [1.54, 1.807) is 11.0 Å². The maximum Gasteiger partial charge on any atom is 0.286 e. The summed E-state index contributed by atoms with van der Waals surface area (Å²) in [4.78, 5) is 50.8. The predicted molar refractivity (Wildman–Crippen MR) is 143 cm³/mol. The fourth-order valence-corrected chi connectivity index (χ4v) is 5.30. The number of fused-ring (bicyclic) bond motifs is 1. The summed E-state index contributed by atoms with van der Waals surface area (Å²) in [7, 11) is 0. The third-order valence-corrected chi connectivity index (χ3v) is 7.31. The molecule has 5 rings (SSSR count). The molecule has 1 atom stereocenters. The predicted octanol–water partition coefficient (Wildman–Crippen LogP) is 4.51. The summed E-state index contributed by atoms with van der Waals surface area (Å²) < 4.78 is 5.85. The molecule has 0 aliphatic carbocycles. The number of nitro benzene ring substituents is 1. The lowest BCUT2D eigenvalue weighted by Crippen LogP contribution is -2.45. The molecule has 1 saturated heterocycles. The highest BCUT2D eigenvalue weighted by Gasteiger charge is 2.32. The minimum absolute atomic E-state index is 0.127. The highest BCUT2D eigenvalue weighted by Crippen LogP contribution is 2.35. The number of para-hydroxylation sites is 1. The molecule has 3 amide bonds. The van der Waals surface area contributed by atoms with Crippen LogP contribution in [-0.2, 0) is 11.2 Å². The molecule has 3 aromatic carbocycles. The van der Waals surface area contributed by atoms with Crippen LogP contribution >= 0.6 is 11.8 Å². The Labute approximate surface area is 222 Å². The number of nitrogens with zero attached hydrogens (tertiary/aromatic N) is 3. The van der Waals surface area contributed by atoms with E-state index in [0.717, 1.165) is 23.0 Å². The number of ether oxygens (including phenoxy) is 1. The zero-order valence-corrected chi connectivity index (χ0v) is 21.1. The number of thioether (sulfide) groups is 1. The monoisotopic (exact) mass is 532 g/mol. The van der Waals surface area contributed by atoms with Crippen molar-refractivity contribution in [2.24, 2.45) is 0 Å². The van der Waals surface area contributed by atoms with E-state index in [1.807, 2.05) is 59.5 Å². The molecular weight excluding hydrogens is 508 g/mol. The van der Waals surface area contributed by atoms with E-state index in [1.165, 1.54) is 12.1 Å². The number of rotatable bonds is 9. The standard InChI is InChI=1S/C27H24N4O6S/c32-25-24(38-27(34)28-25)15-18-7-10-21(11-8-18)37-14-4-13-29-17-30(19-5-2-1-3-6-19)23-12-9-20(31(35)36)16-22(23)26(29)33/h1-3,5-12,16,24H,4,13-15,17H2,(H,28,32,34). The van der Waals surface area contributed by atoms with Gasteiger partial charge >= 0.3 is 0 Å². The maximum absolute atomic E-state index is 13.2. The van der Waals surface area contributed by atoms with Gasteiger partial charge in [0.25, 0.3) is 16.8 Å². The molecule has 194 valence electrons. The van der Waals surface area contributed by atoms with Crippen molar-refractivity contribution in [1.82, 2.24) is 10.2 Å². The number of non-ortho nitro benzene ring substituents is 1. The molecule has 0 bridgehead atoms. The van der Waals surface area contributed by atoms with E-state index in [-0.39, 0.29) is 22.7 Å². The van der Waals surface area contributed by atoms with E-state index in [0.29, 0.717) is 49.7 Å². The minimum Gasteiger partial charge on any atom is -0.494 e. The van der Waals surface area contributed by atoms with Gasteiger partial charge in [-0.05, 0) is 48.7 Å². The van der Waals surface area contributed by atoms with Crippen LogP contribution < -0.4 is 15.0 Å². The Kier molecular flexibility index (Phi) is 7.27. The summed E-state index contributed by atoms with van der Waals surface area (Å²) in [6, 6.07) is 21.3. The normalized spacial score (nSPS) is 16.8. The number of carbonyl (C=O) groups is 3. The van der Waals surface area contributed by atoms with Crippen molar-refractivity contribution >= 4 is 45.9 Å². The smallest absolute Gasteiger partial charge is 0.286 e. The maximum atomic E-state index is 13.2. The molecule has 0 saturated carbocycles. The van der Waals surface area contributed by atoms with Crippen LogP contribution in [0.5, 0.6) is 5.75 Å². The van der Waals surface area contributed by atoms with Crippen LogP contribution in [0.15, 0.2) is 72.8 Å². The van der Waals surface area contributed by atoms with E-state index < -0.39 is 10.2 Å². The molecule has 10 nitrogen and oxygen atoms in total. The largest absolute Gasteiger partial charge is 0.494 e. The number of anilines is 2. The third-order valence-electron chi connectivity index (χ3n) is 6.33. The van der Waals surface area contributed by atoms with E-state index in [2.05, 4.69) is 5.32 Å². The van der Waals surface area contributed by atoms with Gasteiger partial charge in [0.2, 0.25) is 5.91 Å². The van der Waals surface area contributed by atoms with Gasteiger partial charge in [0.15, 0.2) is 0 Å². The van der Waals surface area contributed by atoms with Crippen molar-refractivity contribution in [2.45, 2.75) is 18.1 Å². The number of nitrogens with one attached hydrogen (secondary N) is 1. The number of benzene rings is 3. The Balaban J connectivity index is 1.20. The first-order chi connectivity index (χ1) is 18.4. The van der Waals surface area contributed by atoms with Crippen molar-refractivity contribution in [3.05, 3.63) is 94.0 Å². The lowest BCUT2D eigenvalue weighted by molar-refractivity contribution is -0.384. The molecule has 0 aromatic heterocycles. The Morgan fingerprint density at radius 1 is 1.03 bits per heavy atom. The van der Waals surface area contributed by atoms with Gasteiger partial charge in [-0.2, -0.15) is 0 Å². The van der Waals surface area contributed by atoms with Gasteiger partial charge in [0.1, 0.15) is 5.75 Å². The molecule has 2 heterocycles. The first kappa shape index (κ1) is 25.3. The third kappa shape index (κ3) is 5.47. The van der Waals surface area contributed by atoms with Crippen molar-refractivity contribution in [2.75, 3.05) is 24.7 Å². The quantitative estimate of drug-likeness (QED) is 0.243. The summed E-state index contributed by atoms with van der Waals surface area (Å²) >= 11 is 1.00. The minimum atomic E-state index is -0.501. The number of nitro groups is 1. The molecule has 2 aliphatic heterocycles. The summed E-state index contributed by atoms with van der Waals surface area (Å²) in [6.45, 7) is 1.09. The molecule has 1 N–H and O–H groups in total. The lowest BCUT2D eigenvalue weighted by Gasteiger charge is -2.38. The number of carbonyl (C=O) groups excluding carboxylic acids is 3. The first-order valence-corrected chi connectivity index (χ1v) is 12.9. The second-order valence-corrected chi connectivity index (χ2v) is 10.0. The van der Waals surface area contributed by atoms with E-state index in [4.69, 9.17) is 4.74 Å². The SMILES string of the molecule is O=C1NC(=O)C(Cc2ccc(OCCCN3CN(c4ccccc4)c4ccc([N+](=O)[O-])cc4C3=O)cc2)S1. The molecule has 0 spiro atoms. The van der Waals surface area contributed by atoms with Crippen molar-refractivity contribution in [3.8, 4) is 5.75 Å². The molecule has 38 heavy (non-hydrogen) atoms. The van der Waals surface area contributed by atoms with Gasteiger partial charge in [0, 0.05) is 24.4 Å². The van der Waals surface area contributed by atoms with E-state index in [9.17, 15) is 24.5 Å². The molecule has 2 aliphatic rings. The molecular formula is C27H24N4O6S. The van der Waals surface area contributed by atoms with Crippen LogP contribution in [0.1, 0.15) is 22.3 Å². The zero-order chi connectivity index (χ0) is 26.6. The number of imide groups is 1. The molecule has 1 unspecified atom stereocenters. The van der Waals surface area contributed by atoms with Crippen LogP contribution in [-0.4, -0.2) is 51.9 Å². The highest BCUT2D eigenvalue weighted by atomic mass is 32.2. The fraction of sp³-hybridized carbons (Fsp3) is 0.222. The number of amides is 3. The van der Waals surface area contributed by atoms with E-state index >= 15 is 0 Å². The van der Waals surface area contributed by atoms with Gasteiger partial charge in [-0.25, -0.2) is 0 Å². The van der Waals surface area contributed by atoms with Gasteiger partial charge in [-0.15, -0.1) is 0 Å². The Morgan fingerprint density at radius 2 is 1.79 bits per heavy atom. The summed E-state index contributed by atoms with van der Waals surface area (Å²) in [6.07, 6.45) is 1.01.